The summed E-state index contributed by atoms with van der Waals surface area (Å²) >= 11 is 0. The van der Waals surface area contributed by atoms with Gasteiger partial charge in [0.2, 0.25) is 15.9 Å². The minimum absolute atomic E-state index is 0.0454. The Bertz CT molecular complexity index is 1180. The second kappa shape index (κ2) is 10.3. The van der Waals surface area contributed by atoms with Crippen LogP contribution >= 0.6 is 0 Å². The van der Waals surface area contributed by atoms with Crippen LogP contribution in [0.15, 0.2) is 53.4 Å². The van der Waals surface area contributed by atoms with Gasteiger partial charge in [-0.3, -0.25) is 14.4 Å². The number of carbonyl (C=O) groups excluding carboxylic acids is 3. The van der Waals surface area contributed by atoms with Gasteiger partial charge in [0, 0.05) is 24.7 Å². The van der Waals surface area contributed by atoms with Gasteiger partial charge in [-0.05, 0) is 57.2 Å². The Hall–Kier alpha value is -3.31. The van der Waals surface area contributed by atoms with Crippen molar-refractivity contribution in [2.75, 3.05) is 16.8 Å². The summed E-state index contributed by atoms with van der Waals surface area (Å²) in [7, 11) is -3.67. The van der Waals surface area contributed by atoms with Gasteiger partial charge < -0.3 is 15.0 Å². The Morgan fingerprint density at radius 1 is 1.09 bits per heavy atom. The fourth-order valence-corrected chi connectivity index (χ4v) is 4.68. The number of hydrogen-bond donors (Lipinski definition) is 2. The third-order valence-electron chi connectivity index (χ3n) is 5.09. The van der Waals surface area contributed by atoms with Crippen LogP contribution in [0.4, 0.5) is 15.8 Å². The van der Waals surface area contributed by atoms with Crippen LogP contribution in [0.2, 0.25) is 0 Å². The van der Waals surface area contributed by atoms with Crippen molar-refractivity contribution in [3.8, 4) is 0 Å². The van der Waals surface area contributed by atoms with Gasteiger partial charge in [0.25, 0.3) is 5.91 Å². The molecule has 1 fully saturated rings. The monoisotopic (exact) mass is 491 g/mol. The predicted octanol–water partition coefficient (Wildman–Crippen LogP) is 2.44. The minimum atomic E-state index is -3.67. The number of ether oxygens (including phenoxy) is 1. The van der Waals surface area contributed by atoms with Crippen LogP contribution in [0.5, 0.6) is 0 Å². The summed E-state index contributed by atoms with van der Waals surface area (Å²) in [6.45, 7) is 4.73. The normalized spacial score (nSPS) is 17.0. The van der Waals surface area contributed by atoms with Crippen molar-refractivity contribution in [3.05, 3.63) is 54.3 Å². The standard InChI is InChI=1S/C23H26FN3O6S/c1-14(2)26-34(31,32)18-10-8-17(9-11-18)25-22(29)15(3)33-23(30)16-12-21(28)27(13-16)20-7-5-4-6-19(20)24/h4-11,14-16,26H,12-13H2,1-3H3,(H,25,29)/t15-,16+/m0/s1. The molecule has 2 aromatic carbocycles. The molecule has 0 radical (unpaired) electrons. The fourth-order valence-electron chi connectivity index (χ4n) is 3.43. The molecule has 0 spiro atoms. The lowest BCUT2D eigenvalue weighted by molar-refractivity contribution is -0.157. The summed E-state index contributed by atoms with van der Waals surface area (Å²) in [6.07, 6.45) is -1.32. The Balaban J connectivity index is 1.57. The van der Waals surface area contributed by atoms with Crippen molar-refractivity contribution in [1.29, 1.82) is 0 Å². The molecule has 3 rings (SSSR count). The molecule has 2 N–H and O–H groups in total. The lowest BCUT2D eigenvalue weighted by atomic mass is 10.1. The van der Waals surface area contributed by atoms with Crippen molar-refractivity contribution < 1.29 is 31.9 Å². The predicted molar refractivity (Wildman–Crippen MR) is 123 cm³/mol. The van der Waals surface area contributed by atoms with Gasteiger partial charge in [0.15, 0.2) is 6.10 Å². The van der Waals surface area contributed by atoms with Gasteiger partial charge in [0.1, 0.15) is 5.82 Å². The molecule has 0 unspecified atom stereocenters. The first-order chi connectivity index (χ1) is 16.0. The highest BCUT2D eigenvalue weighted by molar-refractivity contribution is 7.89. The largest absolute Gasteiger partial charge is 0.452 e. The molecule has 1 saturated heterocycles. The number of nitrogens with one attached hydrogen (secondary N) is 2. The molecule has 0 bridgehead atoms. The third-order valence-corrected chi connectivity index (χ3v) is 6.76. The molecule has 11 heteroatoms. The SMILES string of the molecule is CC(C)NS(=O)(=O)c1ccc(NC(=O)[C@H](C)OC(=O)[C@@H]2CC(=O)N(c3ccccc3F)C2)cc1. The maximum absolute atomic E-state index is 14.0. The summed E-state index contributed by atoms with van der Waals surface area (Å²) in [4.78, 5) is 38.5. The molecule has 34 heavy (non-hydrogen) atoms. The highest BCUT2D eigenvalue weighted by Gasteiger charge is 2.38. The van der Waals surface area contributed by atoms with Crippen LogP contribution in [0.1, 0.15) is 27.2 Å². The van der Waals surface area contributed by atoms with E-state index in [-0.39, 0.29) is 29.6 Å². The first-order valence-electron chi connectivity index (χ1n) is 10.7. The first-order valence-corrected chi connectivity index (χ1v) is 12.1. The zero-order valence-corrected chi connectivity index (χ0v) is 19.8. The van der Waals surface area contributed by atoms with E-state index in [9.17, 15) is 27.2 Å². The van der Waals surface area contributed by atoms with Crippen molar-refractivity contribution >= 4 is 39.2 Å². The van der Waals surface area contributed by atoms with E-state index in [1.54, 1.807) is 19.9 Å². The number of esters is 1. The van der Waals surface area contributed by atoms with Crippen molar-refractivity contribution in [1.82, 2.24) is 4.72 Å². The molecule has 0 saturated carbocycles. The Morgan fingerprint density at radius 3 is 2.35 bits per heavy atom. The number of amides is 2. The second-order valence-corrected chi connectivity index (χ2v) is 9.94. The molecule has 2 aromatic rings. The van der Waals surface area contributed by atoms with E-state index in [1.165, 1.54) is 54.3 Å². The van der Waals surface area contributed by atoms with Crippen LogP contribution in [-0.4, -0.2) is 44.9 Å². The fraction of sp³-hybridized carbons (Fsp3) is 0.348. The first kappa shape index (κ1) is 25.3. The van der Waals surface area contributed by atoms with E-state index in [1.807, 2.05) is 0 Å². The van der Waals surface area contributed by atoms with Gasteiger partial charge in [-0.1, -0.05) is 12.1 Å². The number of anilines is 2. The Morgan fingerprint density at radius 2 is 1.74 bits per heavy atom. The van der Waals surface area contributed by atoms with Crippen LogP contribution in [-0.2, 0) is 29.1 Å². The van der Waals surface area contributed by atoms with E-state index in [0.717, 1.165) is 0 Å². The number of para-hydroxylation sites is 1. The van der Waals surface area contributed by atoms with Crippen molar-refractivity contribution in [2.45, 2.75) is 44.2 Å². The lowest BCUT2D eigenvalue weighted by Crippen LogP contribution is -2.33. The second-order valence-electron chi connectivity index (χ2n) is 8.23. The summed E-state index contributed by atoms with van der Waals surface area (Å²) in [5.74, 6) is -3.18. The molecule has 1 aliphatic rings. The number of hydrogen-bond acceptors (Lipinski definition) is 6. The number of carbonyl (C=O) groups is 3. The molecule has 1 aliphatic heterocycles. The molecular formula is C23H26FN3O6S. The average molecular weight is 492 g/mol. The van der Waals surface area contributed by atoms with Gasteiger partial charge in [0.05, 0.1) is 16.5 Å². The Labute approximate surface area is 197 Å². The summed E-state index contributed by atoms with van der Waals surface area (Å²) in [6, 6.07) is 11.0. The highest BCUT2D eigenvalue weighted by Crippen LogP contribution is 2.28. The summed E-state index contributed by atoms with van der Waals surface area (Å²) < 4.78 is 46.1. The number of rotatable bonds is 8. The molecule has 1 heterocycles. The highest BCUT2D eigenvalue weighted by atomic mass is 32.2. The number of sulfonamides is 1. The average Bonchev–Trinajstić information content (AvgIpc) is 3.15. The zero-order chi connectivity index (χ0) is 25.0. The van der Waals surface area contributed by atoms with E-state index in [4.69, 9.17) is 4.74 Å². The van der Waals surface area contributed by atoms with Crippen LogP contribution in [0, 0.1) is 11.7 Å². The molecule has 182 valence electrons. The van der Waals surface area contributed by atoms with Crippen molar-refractivity contribution in [2.24, 2.45) is 5.92 Å². The minimum Gasteiger partial charge on any atom is -0.452 e. The van der Waals surface area contributed by atoms with Gasteiger partial charge in [-0.2, -0.15) is 0 Å². The van der Waals surface area contributed by atoms with Crippen molar-refractivity contribution in [3.63, 3.8) is 0 Å². The molecule has 0 aromatic heterocycles. The van der Waals surface area contributed by atoms with Gasteiger partial charge in [-0.25, -0.2) is 17.5 Å². The molecule has 2 atom stereocenters. The lowest BCUT2D eigenvalue weighted by Gasteiger charge is -2.18. The smallest absolute Gasteiger partial charge is 0.312 e. The van der Waals surface area contributed by atoms with Gasteiger partial charge >= 0.3 is 5.97 Å². The molecular weight excluding hydrogens is 465 g/mol. The van der Waals surface area contributed by atoms with E-state index >= 15 is 0 Å². The zero-order valence-electron chi connectivity index (χ0n) is 18.9. The quantitative estimate of drug-likeness (QED) is 0.547. The van der Waals surface area contributed by atoms with E-state index in [0.29, 0.717) is 5.69 Å². The third kappa shape index (κ3) is 5.97. The number of halogens is 1. The number of benzene rings is 2. The molecule has 2 amide bonds. The molecule has 9 nitrogen and oxygen atoms in total. The Kier molecular flexibility index (Phi) is 7.68. The van der Waals surface area contributed by atoms with Crippen LogP contribution < -0.4 is 14.9 Å². The maximum atomic E-state index is 14.0. The van der Waals surface area contributed by atoms with Crippen LogP contribution in [0.3, 0.4) is 0 Å². The maximum Gasteiger partial charge on any atom is 0.312 e. The summed E-state index contributed by atoms with van der Waals surface area (Å²) in [5, 5.41) is 2.55. The van der Waals surface area contributed by atoms with E-state index < -0.39 is 45.6 Å². The number of nitrogens with zero attached hydrogens (tertiary/aromatic N) is 1. The van der Waals surface area contributed by atoms with Crippen LogP contribution in [0.25, 0.3) is 0 Å². The summed E-state index contributed by atoms with van der Waals surface area (Å²) in [5.41, 5.74) is 0.404. The van der Waals surface area contributed by atoms with E-state index in [2.05, 4.69) is 10.0 Å². The topological polar surface area (TPSA) is 122 Å². The van der Waals surface area contributed by atoms with Gasteiger partial charge in [-0.15, -0.1) is 0 Å². The molecule has 0 aliphatic carbocycles.